The minimum absolute atomic E-state index is 0.206. The van der Waals surface area contributed by atoms with Crippen molar-refractivity contribution >= 4 is 11.6 Å². The number of alkyl halides is 3. The number of halogens is 4. The fourth-order valence-corrected chi connectivity index (χ4v) is 3.02. The van der Waals surface area contributed by atoms with Crippen molar-refractivity contribution in [2.75, 3.05) is 0 Å². The van der Waals surface area contributed by atoms with E-state index in [-0.39, 0.29) is 35.8 Å². The average Bonchev–Trinajstić information content (AvgIpc) is 2.25. The van der Waals surface area contributed by atoms with Crippen LogP contribution in [0.15, 0.2) is 12.1 Å². The second-order valence-corrected chi connectivity index (χ2v) is 5.59. The third kappa shape index (κ3) is 3.07. The normalized spacial score (nSPS) is 31.4. The van der Waals surface area contributed by atoms with Crippen molar-refractivity contribution < 1.29 is 23.0 Å². The summed E-state index contributed by atoms with van der Waals surface area (Å²) >= 11 is 5.84. The molecule has 0 radical (unpaired) electrons. The first kappa shape index (κ1) is 15.5. The van der Waals surface area contributed by atoms with Crippen molar-refractivity contribution in [1.82, 2.24) is 4.98 Å². The molecule has 0 aliphatic carbocycles. The van der Waals surface area contributed by atoms with E-state index in [4.69, 9.17) is 16.3 Å². The van der Waals surface area contributed by atoms with Crippen LogP contribution in [0.5, 0.6) is 0 Å². The van der Waals surface area contributed by atoms with Gasteiger partial charge >= 0.3 is 6.18 Å². The summed E-state index contributed by atoms with van der Waals surface area (Å²) in [5.41, 5.74) is -2.16. The second kappa shape index (κ2) is 5.16. The molecule has 1 saturated heterocycles. The summed E-state index contributed by atoms with van der Waals surface area (Å²) in [6.45, 7) is 3.60. The molecular weight excluding hydrogens is 295 g/mol. The van der Waals surface area contributed by atoms with Gasteiger partial charge in [0.05, 0.1) is 17.8 Å². The van der Waals surface area contributed by atoms with Crippen LogP contribution in [0.25, 0.3) is 0 Å². The maximum absolute atomic E-state index is 12.6. The van der Waals surface area contributed by atoms with Gasteiger partial charge in [-0.15, -0.1) is 0 Å². The van der Waals surface area contributed by atoms with Crippen LogP contribution in [0.1, 0.15) is 37.9 Å². The van der Waals surface area contributed by atoms with Crippen LogP contribution in [0.3, 0.4) is 0 Å². The smallest absolute Gasteiger partial charge is 0.385 e. The standard InChI is InChI=1S/C13H15ClF3NO2/c1-7-5-12(19,6-8(2)20-7)9-3-4-10(13(15,16)17)18-11(9)14/h3-4,7-8,19H,5-6H2,1-2H3. The Morgan fingerprint density at radius 1 is 1.30 bits per heavy atom. The summed E-state index contributed by atoms with van der Waals surface area (Å²) < 4.78 is 43.2. The summed E-state index contributed by atoms with van der Waals surface area (Å²) in [6, 6.07) is 2.03. The predicted octanol–water partition coefficient (Wildman–Crippen LogP) is 3.53. The lowest BCUT2D eigenvalue weighted by Crippen LogP contribution is -2.41. The Kier molecular flexibility index (Phi) is 4.01. The number of pyridine rings is 1. The number of hydrogen-bond donors (Lipinski definition) is 1. The summed E-state index contributed by atoms with van der Waals surface area (Å²) in [6.07, 6.45) is -4.43. The van der Waals surface area contributed by atoms with E-state index < -0.39 is 17.5 Å². The molecule has 2 unspecified atom stereocenters. The van der Waals surface area contributed by atoms with Crippen LogP contribution >= 0.6 is 11.6 Å². The molecule has 1 fully saturated rings. The topological polar surface area (TPSA) is 42.4 Å². The highest BCUT2D eigenvalue weighted by Crippen LogP contribution is 2.41. The molecule has 0 saturated carbocycles. The number of aromatic nitrogens is 1. The molecule has 2 heterocycles. The highest BCUT2D eigenvalue weighted by Gasteiger charge is 2.41. The monoisotopic (exact) mass is 309 g/mol. The van der Waals surface area contributed by atoms with Crippen molar-refractivity contribution in [2.24, 2.45) is 0 Å². The number of hydrogen-bond acceptors (Lipinski definition) is 3. The van der Waals surface area contributed by atoms with E-state index >= 15 is 0 Å². The number of rotatable bonds is 1. The van der Waals surface area contributed by atoms with Crippen molar-refractivity contribution in [3.63, 3.8) is 0 Å². The Morgan fingerprint density at radius 2 is 1.85 bits per heavy atom. The molecule has 1 N–H and O–H groups in total. The minimum atomic E-state index is -4.55. The van der Waals surface area contributed by atoms with E-state index in [1.54, 1.807) is 13.8 Å². The van der Waals surface area contributed by atoms with Gasteiger partial charge in [-0.3, -0.25) is 0 Å². The van der Waals surface area contributed by atoms with Crippen molar-refractivity contribution in [1.29, 1.82) is 0 Å². The van der Waals surface area contributed by atoms with Gasteiger partial charge in [0, 0.05) is 18.4 Å². The number of ether oxygens (including phenoxy) is 1. The Hall–Kier alpha value is -0.850. The molecule has 7 heteroatoms. The Bertz CT molecular complexity index is 497. The summed E-state index contributed by atoms with van der Waals surface area (Å²) in [5.74, 6) is 0. The summed E-state index contributed by atoms with van der Waals surface area (Å²) in [4.78, 5) is 3.35. The molecule has 0 bridgehead atoms. The fourth-order valence-electron chi connectivity index (χ4n) is 2.69. The Morgan fingerprint density at radius 3 is 2.30 bits per heavy atom. The molecule has 112 valence electrons. The van der Waals surface area contributed by atoms with Crippen molar-refractivity contribution in [3.8, 4) is 0 Å². The molecule has 0 aromatic carbocycles. The Balaban J connectivity index is 2.37. The molecule has 0 spiro atoms. The number of nitrogens with zero attached hydrogens (tertiary/aromatic N) is 1. The highest BCUT2D eigenvalue weighted by molar-refractivity contribution is 6.30. The largest absolute Gasteiger partial charge is 0.433 e. The van der Waals surface area contributed by atoms with E-state index in [2.05, 4.69) is 4.98 Å². The lowest BCUT2D eigenvalue weighted by Gasteiger charge is -2.39. The third-order valence-corrected chi connectivity index (χ3v) is 3.64. The molecule has 1 aliphatic rings. The zero-order chi connectivity index (χ0) is 15.1. The van der Waals surface area contributed by atoms with Crippen molar-refractivity contribution in [2.45, 2.75) is 50.7 Å². The summed E-state index contributed by atoms with van der Waals surface area (Å²) in [5, 5.41) is 10.4. The molecule has 3 nitrogen and oxygen atoms in total. The first-order chi connectivity index (χ1) is 9.12. The maximum atomic E-state index is 12.6. The van der Waals surface area contributed by atoms with Gasteiger partial charge in [0.25, 0.3) is 0 Å². The quantitative estimate of drug-likeness (QED) is 0.807. The van der Waals surface area contributed by atoms with Gasteiger partial charge in [0.1, 0.15) is 10.8 Å². The zero-order valence-corrected chi connectivity index (χ0v) is 11.8. The molecule has 0 amide bonds. The van der Waals surface area contributed by atoms with Gasteiger partial charge in [-0.2, -0.15) is 13.2 Å². The van der Waals surface area contributed by atoms with Gasteiger partial charge in [-0.1, -0.05) is 17.7 Å². The van der Waals surface area contributed by atoms with Crippen LogP contribution in [0, 0.1) is 0 Å². The highest BCUT2D eigenvalue weighted by atomic mass is 35.5. The second-order valence-electron chi connectivity index (χ2n) is 5.23. The molecule has 2 atom stereocenters. The Labute approximate surface area is 119 Å². The fraction of sp³-hybridized carbons (Fsp3) is 0.615. The van der Waals surface area contributed by atoms with Crippen LogP contribution in [0.2, 0.25) is 5.15 Å². The van der Waals surface area contributed by atoms with Gasteiger partial charge in [0.2, 0.25) is 0 Å². The molecule has 20 heavy (non-hydrogen) atoms. The summed E-state index contributed by atoms with van der Waals surface area (Å²) in [7, 11) is 0. The SMILES string of the molecule is CC1CC(O)(c2ccc(C(F)(F)F)nc2Cl)CC(C)O1. The zero-order valence-electron chi connectivity index (χ0n) is 11.0. The lowest BCUT2D eigenvalue weighted by molar-refractivity contribution is -0.142. The average molecular weight is 310 g/mol. The molecule has 2 rings (SSSR count). The van der Waals surface area contributed by atoms with Gasteiger partial charge in [-0.05, 0) is 19.9 Å². The molecular formula is C13H15ClF3NO2. The van der Waals surface area contributed by atoms with Gasteiger partial charge in [0.15, 0.2) is 0 Å². The van der Waals surface area contributed by atoms with E-state index in [0.717, 1.165) is 6.07 Å². The van der Waals surface area contributed by atoms with E-state index in [1.807, 2.05) is 0 Å². The molecule has 1 aromatic heterocycles. The maximum Gasteiger partial charge on any atom is 0.433 e. The first-order valence-electron chi connectivity index (χ1n) is 6.24. The predicted molar refractivity (Wildman–Crippen MR) is 67.4 cm³/mol. The van der Waals surface area contributed by atoms with Crippen LogP contribution in [-0.2, 0) is 16.5 Å². The van der Waals surface area contributed by atoms with E-state index in [1.165, 1.54) is 6.07 Å². The van der Waals surface area contributed by atoms with Gasteiger partial charge in [-0.25, -0.2) is 4.98 Å². The number of aliphatic hydroxyl groups is 1. The van der Waals surface area contributed by atoms with E-state index in [9.17, 15) is 18.3 Å². The first-order valence-corrected chi connectivity index (χ1v) is 6.62. The molecule has 1 aliphatic heterocycles. The van der Waals surface area contributed by atoms with Crippen LogP contribution in [-0.4, -0.2) is 22.3 Å². The van der Waals surface area contributed by atoms with Crippen molar-refractivity contribution in [3.05, 3.63) is 28.5 Å². The molecule has 1 aromatic rings. The minimum Gasteiger partial charge on any atom is -0.385 e. The van der Waals surface area contributed by atoms with Crippen LogP contribution in [0.4, 0.5) is 13.2 Å². The van der Waals surface area contributed by atoms with Crippen LogP contribution < -0.4 is 0 Å². The lowest BCUT2D eigenvalue weighted by atomic mass is 9.82. The van der Waals surface area contributed by atoms with E-state index in [0.29, 0.717) is 0 Å². The van der Waals surface area contributed by atoms with Gasteiger partial charge < -0.3 is 9.84 Å². The third-order valence-electron chi connectivity index (χ3n) is 3.36.